The lowest BCUT2D eigenvalue weighted by molar-refractivity contribution is 0.504. The number of hydrogen-bond donors (Lipinski definition) is 1. The minimum Gasteiger partial charge on any atom is -0.348 e. The topological polar surface area (TPSA) is 50.9 Å². The summed E-state index contributed by atoms with van der Waals surface area (Å²) in [6, 6.07) is 7.77. The maximum absolute atomic E-state index is 6.23. The summed E-state index contributed by atoms with van der Waals surface area (Å²) in [5.74, 6) is 0. The predicted molar refractivity (Wildman–Crippen MR) is 118 cm³/mol. The van der Waals surface area contributed by atoms with Gasteiger partial charge in [-0.2, -0.15) is 10.2 Å². The van der Waals surface area contributed by atoms with E-state index < -0.39 is 0 Å². The average molecular weight is 417 g/mol. The number of nitrogens with zero attached hydrogens (tertiary/aromatic N) is 5. The molecule has 0 aliphatic heterocycles. The van der Waals surface area contributed by atoms with Gasteiger partial charge in [0, 0.05) is 42.6 Å². The fourth-order valence-electron chi connectivity index (χ4n) is 3.11. The molecule has 1 aromatic carbocycles. The Morgan fingerprint density at radius 2 is 2.04 bits per heavy atom. The molecule has 0 spiro atoms. The first-order chi connectivity index (χ1) is 13.4. The highest BCUT2D eigenvalue weighted by Crippen LogP contribution is 2.18. The third-order valence-corrected chi connectivity index (χ3v) is 5.53. The van der Waals surface area contributed by atoms with Gasteiger partial charge in [-0.1, -0.05) is 29.8 Å². The summed E-state index contributed by atoms with van der Waals surface area (Å²) in [4.78, 5) is 2.01. The number of thiocarbonyl (C=S) groups is 1. The van der Waals surface area contributed by atoms with Crippen LogP contribution in [-0.4, -0.2) is 36.6 Å². The van der Waals surface area contributed by atoms with Gasteiger partial charge in [0.25, 0.3) is 0 Å². The van der Waals surface area contributed by atoms with Crippen molar-refractivity contribution in [3.8, 4) is 0 Å². The zero-order valence-corrected chi connectivity index (χ0v) is 18.2. The fraction of sp³-hybridized carbons (Fsp3) is 0.350. The molecule has 2 heterocycles. The first-order valence-corrected chi connectivity index (χ1v) is 9.98. The Labute approximate surface area is 176 Å². The van der Waals surface area contributed by atoms with Gasteiger partial charge in [0.15, 0.2) is 5.11 Å². The van der Waals surface area contributed by atoms with E-state index in [4.69, 9.17) is 23.8 Å². The molecule has 0 saturated carbocycles. The second-order valence-electron chi connectivity index (χ2n) is 6.77. The van der Waals surface area contributed by atoms with Gasteiger partial charge in [0.2, 0.25) is 0 Å². The van der Waals surface area contributed by atoms with Crippen LogP contribution < -0.4 is 5.32 Å². The lowest BCUT2D eigenvalue weighted by atomic mass is 10.2. The van der Waals surface area contributed by atoms with E-state index in [0.29, 0.717) is 18.2 Å². The van der Waals surface area contributed by atoms with Crippen molar-refractivity contribution in [2.45, 2.75) is 40.4 Å². The van der Waals surface area contributed by atoms with E-state index >= 15 is 0 Å². The minimum absolute atomic E-state index is 0.610. The van der Waals surface area contributed by atoms with Crippen molar-refractivity contribution >= 4 is 34.6 Å². The van der Waals surface area contributed by atoms with E-state index in [-0.39, 0.29) is 0 Å². The monoisotopic (exact) mass is 416 g/mol. The van der Waals surface area contributed by atoms with Crippen LogP contribution in [0, 0.1) is 13.8 Å². The number of halogens is 1. The van der Waals surface area contributed by atoms with Gasteiger partial charge >= 0.3 is 0 Å². The smallest absolute Gasteiger partial charge is 0.173 e. The van der Waals surface area contributed by atoms with Gasteiger partial charge in [-0.25, -0.2) is 0 Å². The van der Waals surface area contributed by atoms with Gasteiger partial charge in [0.05, 0.1) is 24.1 Å². The SMILES string of the molecule is CCn1nc(C)c(CN(C)C(=S)Nc2cnn(Cc3ccccc3Cl)c2)c1C. The van der Waals surface area contributed by atoms with Crippen LogP contribution in [0.5, 0.6) is 0 Å². The maximum Gasteiger partial charge on any atom is 0.173 e. The molecule has 0 bridgehead atoms. The van der Waals surface area contributed by atoms with Crippen molar-refractivity contribution in [1.82, 2.24) is 24.5 Å². The van der Waals surface area contributed by atoms with E-state index in [9.17, 15) is 0 Å². The molecule has 6 nitrogen and oxygen atoms in total. The number of nitrogens with one attached hydrogen (secondary N) is 1. The van der Waals surface area contributed by atoms with Crippen molar-refractivity contribution in [1.29, 1.82) is 0 Å². The number of benzene rings is 1. The van der Waals surface area contributed by atoms with Crippen molar-refractivity contribution in [3.63, 3.8) is 0 Å². The molecule has 0 radical (unpaired) electrons. The van der Waals surface area contributed by atoms with Gasteiger partial charge in [-0.05, 0) is 44.6 Å². The lowest BCUT2D eigenvalue weighted by Crippen LogP contribution is -2.30. The molecule has 0 saturated heterocycles. The molecule has 28 heavy (non-hydrogen) atoms. The molecule has 8 heteroatoms. The Hall–Kier alpha value is -2.38. The second-order valence-corrected chi connectivity index (χ2v) is 7.56. The van der Waals surface area contributed by atoms with Crippen LogP contribution in [0.4, 0.5) is 5.69 Å². The van der Waals surface area contributed by atoms with Crippen LogP contribution >= 0.6 is 23.8 Å². The highest BCUT2D eigenvalue weighted by Gasteiger charge is 2.15. The highest BCUT2D eigenvalue weighted by atomic mass is 35.5. The molecule has 2 aromatic heterocycles. The molecule has 0 fully saturated rings. The quantitative estimate of drug-likeness (QED) is 0.609. The summed E-state index contributed by atoms with van der Waals surface area (Å²) < 4.78 is 3.86. The van der Waals surface area contributed by atoms with Crippen LogP contribution in [0.15, 0.2) is 36.7 Å². The van der Waals surface area contributed by atoms with Crippen LogP contribution in [0.2, 0.25) is 5.02 Å². The summed E-state index contributed by atoms with van der Waals surface area (Å²) in [6.45, 7) is 8.42. The second kappa shape index (κ2) is 8.75. The van der Waals surface area contributed by atoms with Crippen molar-refractivity contribution < 1.29 is 0 Å². The molecular formula is C20H25ClN6S. The Morgan fingerprint density at radius 3 is 2.71 bits per heavy atom. The van der Waals surface area contributed by atoms with Crippen LogP contribution in [0.3, 0.4) is 0 Å². The summed E-state index contributed by atoms with van der Waals surface area (Å²) in [6.07, 6.45) is 3.69. The summed E-state index contributed by atoms with van der Waals surface area (Å²) in [5, 5.41) is 13.6. The highest BCUT2D eigenvalue weighted by molar-refractivity contribution is 7.80. The Morgan fingerprint density at radius 1 is 1.29 bits per heavy atom. The third-order valence-electron chi connectivity index (χ3n) is 4.75. The number of aromatic nitrogens is 4. The van der Waals surface area contributed by atoms with Crippen molar-refractivity contribution in [2.75, 3.05) is 12.4 Å². The van der Waals surface area contributed by atoms with E-state index in [1.807, 2.05) is 58.7 Å². The molecule has 0 amide bonds. The molecule has 3 rings (SSSR count). The number of anilines is 1. The van der Waals surface area contributed by atoms with Gasteiger partial charge < -0.3 is 10.2 Å². The summed E-state index contributed by atoms with van der Waals surface area (Å²) >= 11 is 11.8. The van der Waals surface area contributed by atoms with E-state index in [0.717, 1.165) is 28.5 Å². The van der Waals surface area contributed by atoms with Crippen LogP contribution in [0.1, 0.15) is 29.4 Å². The van der Waals surface area contributed by atoms with Crippen molar-refractivity contribution in [3.05, 3.63) is 64.2 Å². The summed E-state index contributed by atoms with van der Waals surface area (Å²) in [5.41, 5.74) is 5.31. The average Bonchev–Trinajstić information content (AvgIpc) is 3.22. The van der Waals surface area contributed by atoms with Crippen molar-refractivity contribution in [2.24, 2.45) is 0 Å². The fourth-order valence-corrected chi connectivity index (χ4v) is 3.49. The largest absolute Gasteiger partial charge is 0.348 e. The van der Waals surface area contributed by atoms with Crippen LogP contribution in [0.25, 0.3) is 0 Å². The zero-order valence-electron chi connectivity index (χ0n) is 16.6. The van der Waals surface area contributed by atoms with Gasteiger partial charge in [-0.3, -0.25) is 9.36 Å². The zero-order chi connectivity index (χ0) is 20.3. The molecule has 1 N–H and O–H groups in total. The minimum atomic E-state index is 0.610. The molecule has 0 aliphatic carbocycles. The maximum atomic E-state index is 6.23. The standard InChI is InChI=1S/C20H25ClN6S/c1-5-27-15(3)18(14(2)24-27)13-25(4)20(28)23-17-10-22-26(12-17)11-16-8-6-7-9-19(16)21/h6-10,12H,5,11,13H2,1-4H3,(H,23,28). The third kappa shape index (κ3) is 4.54. The van der Waals surface area contributed by atoms with E-state index in [1.54, 1.807) is 6.20 Å². The lowest BCUT2D eigenvalue weighted by Gasteiger charge is -2.20. The normalized spacial score (nSPS) is 10.9. The molecule has 3 aromatic rings. The van der Waals surface area contributed by atoms with Gasteiger partial charge in [0.1, 0.15) is 0 Å². The predicted octanol–water partition coefficient (Wildman–Crippen LogP) is 4.25. The Kier molecular flexibility index (Phi) is 6.36. The Bertz CT molecular complexity index is 977. The molecule has 0 aliphatic rings. The van der Waals surface area contributed by atoms with Crippen LogP contribution in [-0.2, 0) is 19.6 Å². The van der Waals surface area contributed by atoms with Gasteiger partial charge in [-0.15, -0.1) is 0 Å². The number of hydrogen-bond acceptors (Lipinski definition) is 3. The van der Waals surface area contributed by atoms with E-state index in [1.165, 1.54) is 11.3 Å². The molecular weight excluding hydrogens is 392 g/mol. The number of aryl methyl sites for hydroxylation is 2. The molecule has 0 unspecified atom stereocenters. The molecule has 0 atom stereocenters. The first-order valence-electron chi connectivity index (χ1n) is 9.20. The Balaban J connectivity index is 1.63. The summed E-state index contributed by atoms with van der Waals surface area (Å²) in [7, 11) is 1.98. The molecule has 148 valence electrons. The first kappa shape index (κ1) is 20.4. The number of rotatable bonds is 6. The van der Waals surface area contributed by atoms with E-state index in [2.05, 4.69) is 29.4 Å².